The summed E-state index contributed by atoms with van der Waals surface area (Å²) in [6.07, 6.45) is 9.13. The molecule has 1 aliphatic rings. The van der Waals surface area contributed by atoms with E-state index in [9.17, 15) is 0 Å². The lowest BCUT2D eigenvalue weighted by Crippen LogP contribution is -2.32. The summed E-state index contributed by atoms with van der Waals surface area (Å²) in [6, 6.07) is 4.66. The Balaban J connectivity index is 2.05. The summed E-state index contributed by atoms with van der Waals surface area (Å²) in [5.41, 5.74) is 0.961. The Labute approximate surface area is 134 Å². The average Bonchev–Trinajstić information content (AvgIpc) is 2.78. The van der Waals surface area contributed by atoms with Crippen LogP contribution in [0.2, 0.25) is 5.02 Å². The second-order valence-electron chi connectivity index (χ2n) is 6.03. The van der Waals surface area contributed by atoms with Crippen molar-refractivity contribution in [1.82, 2.24) is 10.3 Å². The van der Waals surface area contributed by atoms with Crippen LogP contribution in [0.5, 0.6) is 0 Å². The van der Waals surface area contributed by atoms with E-state index < -0.39 is 0 Å². The van der Waals surface area contributed by atoms with E-state index in [1.807, 2.05) is 6.07 Å². The fourth-order valence-corrected chi connectivity index (χ4v) is 3.18. The minimum absolute atomic E-state index is 0.623. The minimum Gasteiger partial charge on any atom is -0.357 e. The van der Waals surface area contributed by atoms with Crippen LogP contribution in [0.1, 0.15) is 57.6 Å². The van der Waals surface area contributed by atoms with Gasteiger partial charge in [0, 0.05) is 19.6 Å². The Morgan fingerprint density at radius 1 is 1.24 bits per heavy atom. The molecule has 1 heterocycles. The lowest BCUT2D eigenvalue weighted by Gasteiger charge is -2.28. The van der Waals surface area contributed by atoms with E-state index in [0.29, 0.717) is 6.04 Å². The molecule has 4 heteroatoms. The monoisotopic (exact) mass is 309 g/mol. The number of aromatic nitrogens is 1. The average molecular weight is 310 g/mol. The van der Waals surface area contributed by atoms with Crippen LogP contribution in [0.4, 0.5) is 5.82 Å². The van der Waals surface area contributed by atoms with Crippen LogP contribution in [0.25, 0.3) is 0 Å². The van der Waals surface area contributed by atoms with Gasteiger partial charge in [-0.1, -0.05) is 44.2 Å². The van der Waals surface area contributed by atoms with Crippen molar-refractivity contribution >= 4 is 17.4 Å². The smallest absolute Gasteiger partial charge is 0.128 e. The molecule has 0 radical (unpaired) electrons. The van der Waals surface area contributed by atoms with E-state index in [1.54, 1.807) is 0 Å². The van der Waals surface area contributed by atoms with Crippen LogP contribution in [-0.2, 0) is 6.54 Å². The van der Waals surface area contributed by atoms with Gasteiger partial charge in [0.05, 0.1) is 10.7 Å². The zero-order valence-corrected chi connectivity index (χ0v) is 14.1. The Bertz CT molecular complexity index is 428. The molecule has 1 saturated carbocycles. The zero-order chi connectivity index (χ0) is 15.1. The summed E-state index contributed by atoms with van der Waals surface area (Å²) in [5, 5.41) is 4.14. The molecule has 1 aromatic heterocycles. The molecule has 0 atom stereocenters. The topological polar surface area (TPSA) is 28.2 Å². The number of anilines is 1. The Kier molecular flexibility index (Phi) is 6.78. The molecule has 3 nitrogen and oxygen atoms in total. The molecule has 0 unspecified atom stereocenters. The highest BCUT2D eigenvalue weighted by Crippen LogP contribution is 2.26. The van der Waals surface area contributed by atoms with Gasteiger partial charge in [-0.25, -0.2) is 4.98 Å². The van der Waals surface area contributed by atoms with E-state index >= 15 is 0 Å². The van der Waals surface area contributed by atoms with Crippen molar-refractivity contribution in [1.29, 1.82) is 0 Å². The fourth-order valence-electron chi connectivity index (χ4n) is 3.01. The van der Waals surface area contributed by atoms with Gasteiger partial charge in [-0.15, -0.1) is 0 Å². The molecule has 1 N–H and O–H groups in total. The molecule has 2 rings (SSSR count). The summed E-state index contributed by atoms with van der Waals surface area (Å²) < 4.78 is 0. The molecule has 1 aromatic rings. The summed E-state index contributed by atoms with van der Waals surface area (Å²) in [7, 11) is 2.18. The number of pyridine rings is 1. The second kappa shape index (κ2) is 8.60. The first-order valence-electron chi connectivity index (χ1n) is 8.31. The molecular weight excluding hydrogens is 282 g/mol. The maximum absolute atomic E-state index is 6.27. The number of rotatable bonds is 6. The van der Waals surface area contributed by atoms with Crippen LogP contribution in [0, 0.1) is 0 Å². The zero-order valence-electron chi connectivity index (χ0n) is 13.4. The molecule has 0 bridgehead atoms. The highest BCUT2D eigenvalue weighted by Gasteiger charge is 2.18. The van der Waals surface area contributed by atoms with Gasteiger partial charge in [0.2, 0.25) is 0 Å². The van der Waals surface area contributed by atoms with Crippen LogP contribution in [0.3, 0.4) is 0 Å². The lowest BCUT2D eigenvalue weighted by molar-refractivity contribution is 0.548. The molecular formula is C17H28ClN3. The third-order valence-corrected chi connectivity index (χ3v) is 4.70. The van der Waals surface area contributed by atoms with Gasteiger partial charge in [0.15, 0.2) is 0 Å². The van der Waals surface area contributed by atoms with Crippen LogP contribution in [-0.4, -0.2) is 24.6 Å². The summed E-state index contributed by atoms with van der Waals surface area (Å²) in [6.45, 7) is 3.91. The van der Waals surface area contributed by atoms with E-state index in [1.165, 1.54) is 38.5 Å². The van der Waals surface area contributed by atoms with Crippen molar-refractivity contribution in [2.75, 3.05) is 18.5 Å². The van der Waals surface area contributed by atoms with Gasteiger partial charge < -0.3 is 10.2 Å². The Hall–Kier alpha value is -0.800. The fraction of sp³-hybridized carbons (Fsp3) is 0.706. The molecule has 1 fully saturated rings. The van der Waals surface area contributed by atoms with Crippen molar-refractivity contribution in [2.24, 2.45) is 0 Å². The van der Waals surface area contributed by atoms with Gasteiger partial charge in [-0.3, -0.25) is 0 Å². The van der Waals surface area contributed by atoms with E-state index in [0.717, 1.165) is 36.0 Å². The molecule has 0 amide bonds. The van der Waals surface area contributed by atoms with Gasteiger partial charge in [0.1, 0.15) is 5.82 Å². The predicted molar refractivity (Wildman–Crippen MR) is 91.1 cm³/mol. The predicted octanol–water partition coefficient (Wildman–Crippen LogP) is 4.39. The Morgan fingerprint density at radius 3 is 2.62 bits per heavy atom. The molecule has 21 heavy (non-hydrogen) atoms. The number of halogens is 1. The molecule has 118 valence electrons. The molecule has 0 aliphatic heterocycles. The summed E-state index contributed by atoms with van der Waals surface area (Å²) >= 11 is 6.27. The van der Waals surface area contributed by atoms with Crippen molar-refractivity contribution in [3.8, 4) is 0 Å². The maximum atomic E-state index is 6.27. The van der Waals surface area contributed by atoms with Gasteiger partial charge in [-0.2, -0.15) is 0 Å². The summed E-state index contributed by atoms with van der Waals surface area (Å²) in [5.74, 6) is 1.06. The third-order valence-electron chi connectivity index (χ3n) is 4.36. The largest absolute Gasteiger partial charge is 0.357 e. The normalized spacial score (nSPS) is 16.7. The number of hydrogen-bond acceptors (Lipinski definition) is 3. The second-order valence-corrected chi connectivity index (χ2v) is 6.44. The van der Waals surface area contributed by atoms with E-state index in [-0.39, 0.29) is 0 Å². The van der Waals surface area contributed by atoms with Gasteiger partial charge >= 0.3 is 0 Å². The SMILES string of the molecule is CCCNCc1nc(N(C)C2CCCCCC2)ccc1Cl. The number of hydrogen-bond donors (Lipinski definition) is 1. The molecule has 0 aromatic carbocycles. The summed E-state index contributed by atoms with van der Waals surface area (Å²) in [4.78, 5) is 7.13. The highest BCUT2D eigenvalue weighted by molar-refractivity contribution is 6.31. The molecule has 1 aliphatic carbocycles. The van der Waals surface area contributed by atoms with Crippen molar-refractivity contribution in [2.45, 2.75) is 64.5 Å². The number of nitrogens with zero attached hydrogens (tertiary/aromatic N) is 2. The minimum atomic E-state index is 0.623. The molecule has 0 saturated heterocycles. The van der Waals surface area contributed by atoms with Crippen molar-refractivity contribution in [3.63, 3.8) is 0 Å². The van der Waals surface area contributed by atoms with Crippen LogP contribution < -0.4 is 10.2 Å². The molecule has 0 spiro atoms. The Morgan fingerprint density at radius 2 is 1.95 bits per heavy atom. The van der Waals surface area contributed by atoms with E-state index in [2.05, 4.69) is 30.3 Å². The standard InChI is InChI=1S/C17H28ClN3/c1-3-12-19-13-16-15(18)10-11-17(20-16)21(2)14-8-6-4-5-7-9-14/h10-11,14,19H,3-9,12-13H2,1-2H3. The van der Waals surface area contributed by atoms with Crippen LogP contribution in [0.15, 0.2) is 12.1 Å². The van der Waals surface area contributed by atoms with Crippen molar-refractivity contribution in [3.05, 3.63) is 22.8 Å². The van der Waals surface area contributed by atoms with E-state index in [4.69, 9.17) is 16.6 Å². The van der Waals surface area contributed by atoms with Crippen LogP contribution >= 0.6 is 11.6 Å². The first kappa shape index (κ1) is 16.6. The maximum Gasteiger partial charge on any atom is 0.128 e. The lowest BCUT2D eigenvalue weighted by atomic mass is 10.1. The third kappa shape index (κ3) is 4.86. The van der Waals surface area contributed by atoms with Crippen molar-refractivity contribution < 1.29 is 0 Å². The van der Waals surface area contributed by atoms with Gasteiger partial charge in [-0.05, 0) is 37.9 Å². The van der Waals surface area contributed by atoms with Gasteiger partial charge in [0.25, 0.3) is 0 Å². The first-order valence-corrected chi connectivity index (χ1v) is 8.69. The first-order chi connectivity index (χ1) is 10.2. The quantitative estimate of drug-likeness (QED) is 0.624. The highest BCUT2D eigenvalue weighted by atomic mass is 35.5. The number of nitrogens with one attached hydrogen (secondary N) is 1.